The van der Waals surface area contributed by atoms with Gasteiger partial charge in [0.2, 0.25) is 5.91 Å². The molecule has 0 unspecified atom stereocenters. The molecule has 0 bridgehead atoms. The van der Waals surface area contributed by atoms with E-state index in [1.54, 1.807) is 0 Å². The van der Waals surface area contributed by atoms with Crippen LogP contribution in [-0.2, 0) is 4.79 Å². The van der Waals surface area contributed by atoms with E-state index in [1.165, 1.54) is 18.4 Å². The average Bonchev–Trinajstić information content (AvgIpc) is 2.43. The summed E-state index contributed by atoms with van der Waals surface area (Å²) in [5, 5.41) is 6.39. The van der Waals surface area contributed by atoms with Crippen LogP contribution >= 0.6 is 0 Å². The zero-order valence-electron chi connectivity index (χ0n) is 13.4. The molecule has 1 saturated heterocycles. The van der Waals surface area contributed by atoms with Gasteiger partial charge in [-0.3, -0.25) is 9.69 Å². The molecule has 1 fully saturated rings. The Morgan fingerprint density at radius 2 is 2.05 bits per heavy atom. The molecule has 1 aliphatic rings. The number of amides is 1. The first-order valence-corrected chi connectivity index (χ1v) is 7.81. The van der Waals surface area contributed by atoms with E-state index in [1.807, 2.05) is 26.1 Å². The van der Waals surface area contributed by atoms with E-state index < -0.39 is 0 Å². The lowest BCUT2D eigenvalue weighted by Gasteiger charge is -2.27. The molecule has 0 radical (unpaired) electrons. The summed E-state index contributed by atoms with van der Waals surface area (Å²) in [6.45, 7) is 7.76. The standard InChI is InChI=1S/C17H27N3O/c1-13-4-5-16(14(2)10-13)19-17(21)12-20(3)11-15-6-8-18-9-7-15/h4-5,10,15,18H,6-9,11-12H2,1-3H3,(H,19,21). The summed E-state index contributed by atoms with van der Waals surface area (Å²) >= 11 is 0. The quantitative estimate of drug-likeness (QED) is 0.873. The molecule has 1 amide bonds. The van der Waals surface area contributed by atoms with Gasteiger partial charge in [0.05, 0.1) is 6.54 Å². The third kappa shape index (κ3) is 5.14. The molecule has 4 nitrogen and oxygen atoms in total. The number of carbonyl (C=O) groups excluding carboxylic acids is 1. The van der Waals surface area contributed by atoms with Crippen LogP contribution in [-0.4, -0.2) is 44.0 Å². The molecule has 2 N–H and O–H groups in total. The fourth-order valence-electron chi connectivity index (χ4n) is 2.96. The molecule has 0 atom stereocenters. The van der Waals surface area contributed by atoms with Crippen LogP contribution in [0.15, 0.2) is 18.2 Å². The summed E-state index contributed by atoms with van der Waals surface area (Å²) in [6.07, 6.45) is 2.42. The maximum Gasteiger partial charge on any atom is 0.238 e. The highest BCUT2D eigenvalue weighted by Gasteiger charge is 2.16. The summed E-state index contributed by atoms with van der Waals surface area (Å²) in [6, 6.07) is 6.10. The molecule has 116 valence electrons. The Hall–Kier alpha value is -1.39. The van der Waals surface area contributed by atoms with Gasteiger partial charge in [-0.2, -0.15) is 0 Å². The summed E-state index contributed by atoms with van der Waals surface area (Å²) in [5.74, 6) is 0.781. The average molecular weight is 289 g/mol. The molecular weight excluding hydrogens is 262 g/mol. The van der Waals surface area contributed by atoms with Crippen LogP contribution < -0.4 is 10.6 Å². The Morgan fingerprint density at radius 1 is 1.33 bits per heavy atom. The van der Waals surface area contributed by atoms with Gasteiger partial charge in [-0.25, -0.2) is 0 Å². The van der Waals surface area contributed by atoms with Crippen LogP contribution in [0, 0.1) is 19.8 Å². The van der Waals surface area contributed by atoms with Crippen LogP contribution in [0.1, 0.15) is 24.0 Å². The molecule has 0 aromatic heterocycles. The number of nitrogens with one attached hydrogen (secondary N) is 2. The van der Waals surface area contributed by atoms with E-state index in [2.05, 4.69) is 28.5 Å². The summed E-state index contributed by atoms with van der Waals surface area (Å²) < 4.78 is 0. The number of likely N-dealkylation sites (N-methyl/N-ethyl adjacent to an activating group) is 1. The Kier molecular flexibility index (Phi) is 5.76. The highest BCUT2D eigenvalue weighted by molar-refractivity contribution is 5.92. The molecule has 21 heavy (non-hydrogen) atoms. The first-order valence-electron chi connectivity index (χ1n) is 7.81. The minimum atomic E-state index is 0.0680. The second-order valence-corrected chi connectivity index (χ2v) is 6.26. The maximum absolute atomic E-state index is 12.1. The third-order valence-corrected chi connectivity index (χ3v) is 4.10. The molecule has 1 aromatic rings. The van der Waals surface area contributed by atoms with Gasteiger partial charge in [0.1, 0.15) is 0 Å². The van der Waals surface area contributed by atoms with Crippen molar-refractivity contribution in [1.82, 2.24) is 10.2 Å². The molecule has 0 saturated carbocycles. The number of hydrogen-bond donors (Lipinski definition) is 2. The number of hydrogen-bond acceptors (Lipinski definition) is 3. The predicted molar refractivity (Wildman–Crippen MR) is 87.6 cm³/mol. The van der Waals surface area contributed by atoms with E-state index in [9.17, 15) is 4.79 Å². The van der Waals surface area contributed by atoms with Crippen molar-refractivity contribution in [3.8, 4) is 0 Å². The molecule has 1 aliphatic heterocycles. The minimum absolute atomic E-state index is 0.0680. The summed E-state index contributed by atoms with van der Waals surface area (Å²) in [5.41, 5.74) is 3.25. The predicted octanol–water partition coefficient (Wildman–Crippen LogP) is 2.17. The van der Waals surface area contributed by atoms with Gasteiger partial charge in [0.15, 0.2) is 0 Å². The van der Waals surface area contributed by atoms with Gasteiger partial charge < -0.3 is 10.6 Å². The molecule has 1 heterocycles. The molecule has 1 aromatic carbocycles. The number of benzene rings is 1. The lowest BCUT2D eigenvalue weighted by molar-refractivity contribution is -0.117. The Balaban J connectivity index is 1.80. The van der Waals surface area contributed by atoms with Crippen molar-refractivity contribution >= 4 is 11.6 Å². The number of anilines is 1. The summed E-state index contributed by atoms with van der Waals surface area (Å²) in [4.78, 5) is 14.3. The van der Waals surface area contributed by atoms with E-state index >= 15 is 0 Å². The van der Waals surface area contributed by atoms with Crippen molar-refractivity contribution in [3.63, 3.8) is 0 Å². The first-order chi connectivity index (χ1) is 10.0. The van der Waals surface area contributed by atoms with Gasteiger partial charge in [-0.15, -0.1) is 0 Å². The van der Waals surface area contributed by atoms with Gasteiger partial charge in [0, 0.05) is 12.2 Å². The number of rotatable bonds is 5. The van der Waals surface area contributed by atoms with E-state index in [-0.39, 0.29) is 5.91 Å². The van der Waals surface area contributed by atoms with Gasteiger partial charge in [-0.05, 0) is 64.4 Å². The van der Waals surface area contributed by atoms with Crippen LogP contribution in [0.2, 0.25) is 0 Å². The van der Waals surface area contributed by atoms with Crippen LogP contribution in [0.3, 0.4) is 0 Å². The third-order valence-electron chi connectivity index (χ3n) is 4.10. The smallest absolute Gasteiger partial charge is 0.238 e. The molecule has 0 aliphatic carbocycles. The zero-order valence-corrected chi connectivity index (χ0v) is 13.4. The van der Waals surface area contributed by atoms with Crippen molar-refractivity contribution in [1.29, 1.82) is 0 Å². The van der Waals surface area contributed by atoms with Crippen molar-refractivity contribution in [3.05, 3.63) is 29.3 Å². The van der Waals surface area contributed by atoms with Crippen LogP contribution in [0.25, 0.3) is 0 Å². The number of carbonyl (C=O) groups is 1. The largest absolute Gasteiger partial charge is 0.325 e. The number of piperidine rings is 1. The first kappa shape index (κ1) is 16.0. The van der Waals surface area contributed by atoms with Crippen LogP contribution in [0.4, 0.5) is 5.69 Å². The number of aryl methyl sites for hydroxylation is 2. The van der Waals surface area contributed by atoms with Crippen molar-refractivity contribution < 1.29 is 4.79 Å². The van der Waals surface area contributed by atoms with E-state index in [0.717, 1.165) is 30.9 Å². The van der Waals surface area contributed by atoms with Gasteiger partial charge >= 0.3 is 0 Å². The van der Waals surface area contributed by atoms with Gasteiger partial charge in [0.25, 0.3) is 0 Å². The van der Waals surface area contributed by atoms with Crippen molar-refractivity contribution in [2.45, 2.75) is 26.7 Å². The van der Waals surface area contributed by atoms with Gasteiger partial charge in [-0.1, -0.05) is 17.7 Å². The lowest BCUT2D eigenvalue weighted by atomic mass is 9.98. The highest BCUT2D eigenvalue weighted by Crippen LogP contribution is 2.16. The number of nitrogens with zero attached hydrogens (tertiary/aromatic N) is 1. The summed E-state index contributed by atoms with van der Waals surface area (Å²) in [7, 11) is 2.03. The topological polar surface area (TPSA) is 44.4 Å². The normalized spacial score (nSPS) is 16.2. The second kappa shape index (κ2) is 7.57. The fourth-order valence-corrected chi connectivity index (χ4v) is 2.96. The zero-order chi connectivity index (χ0) is 15.2. The maximum atomic E-state index is 12.1. The molecule has 4 heteroatoms. The fraction of sp³-hybridized carbons (Fsp3) is 0.588. The Bertz CT molecular complexity index is 481. The molecular formula is C17H27N3O. The van der Waals surface area contributed by atoms with Crippen LogP contribution in [0.5, 0.6) is 0 Å². The second-order valence-electron chi connectivity index (χ2n) is 6.26. The lowest BCUT2D eigenvalue weighted by Crippen LogP contribution is -2.37. The molecule has 2 rings (SSSR count). The van der Waals surface area contributed by atoms with Crippen molar-refractivity contribution in [2.24, 2.45) is 5.92 Å². The Labute approximate surface area is 127 Å². The monoisotopic (exact) mass is 289 g/mol. The highest BCUT2D eigenvalue weighted by atomic mass is 16.2. The van der Waals surface area contributed by atoms with E-state index in [4.69, 9.17) is 0 Å². The minimum Gasteiger partial charge on any atom is -0.325 e. The van der Waals surface area contributed by atoms with Crippen molar-refractivity contribution in [2.75, 3.05) is 38.5 Å². The SMILES string of the molecule is Cc1ccc(NC(=O)CN(C)CC2CCNCC2)c(C)c1. The van der Waals surface area contributed by atoms with E-state index in [0.29, 0.717) is 12.5 Å². The Morgan fingerprint density at radius 3 is 2.71 bits per heavy atom. The molecule has 0 spiro atoms.